The van der Waals surface area contributed by atoms with E-state index in [1.807, 2.05) is 0 Å². The first-order valence-corrected chi connectivity index (χ1v) is 12.1. The lowest BCUT2D eigenvalue weighted by Crippen LogP contribution is -2.32. The second-order valence-electron chi connectivity index (χ2n) is 8.54. The highest BCUT2D eigenvalue weighted by Crippen LogP contribution is 2.44. The summed E-state index contributed by atoms with van der Waals surface area (Å²) in [6.07, 6.45) is 0. The average Bonchev–Trinajstić information content (AvgIpc) is 2.89. The molecule has 0 fully saturated rings. The van der Waals surface area contributed by atoms with Crippen LogP contribution in [0.4, 0.5) is 0 Å². The molecule has 0 aliphatic carbocycles. The maximum Gasteiger partial charge on any atom is 0.148 e. The lowest BCUT2D eigenvalue weighted by molar-refractivity contribution is 0.175. The van der Waals surface area contributed by atoms with Crippen molar-refractivity contribution in [3.8, 4) is 0 Å². The van der Waals surface area contributed by atoms with Crippen LogP contribution < -0.4 is 0 Å². The van der Waals surface area contributed by atoms with Gasteiger partial charge in [-0.25, -0.2) is 0 Å². The lowest BCUT2D eigenvalue weighted by atomic mass is 9.77. The molecule has 0 unspecified atom stereocenters. The molecule has 0 N–H and O–H groups in total. The summed E-state index contributed by atoms with van der Waals surface area (Å²) in [5, 5.41) is 7.36. The quantitative estimate of drug-likeness (QED) is 0.218. The molecular formula is C31H24OSi. The Morgan fingerprint density at radius 3 is 1.52 bits per heavy atom. The van der Waals surface area contributed by atoms with Crippen LogP contribution in [0, 0.1) is 0 Å². The Labute approximate surface area is 196 Å². The number of hydrogen-bond donors (Lipinski definition) is 0. The third-order valence-electron chi connectivity index (χ3n) is 6.79. The van der Waals surface area contributed by atoms with Gasteiger partial charge in [0.05, 0.1) is 0 Å². The second-order valence-corrected chi connectivity index (χ2v) is 8.94. The number of rotatable bonds is 4. The predicted octanol–water partition coefficient (Wildman–Crippen LogP) is 6.74. The molecule has 0 aliphatic rings. The second kappa shape index (κ2) is 8.00. The summed E-state index contributed by atoms with van der Waals surface area (Å²) in [5.74, 6) is 0. The molecule has 0 saturated heterocycles. The molecular weight excluding hydrogens is 416 g/mol. The third kappa shape index (κ3) is 3.19. The molecule has 0 heterocycles. The number of benzene rings is 6. The molecule has 0 saturated carbocycles. The standard InChI is InChI=1S/C31H24OSi/c33-32-31(27-18-16-22-8-1-3-11-25(22)20-27,28-19-17-23-9-2-4-12-26(23)21-28)30-15-7-13-24-10-5-6-14-29(24)30/h1-21H,33H3. The van der Waals surface area contributed by atoms with Crippen LogP contribution in [0.1, 0.15) is 16.7 Å². The van der Waals surface area contributed by atoms with Crippen LogP contribution in [-0.4, -0.2) is 10.5 Å². The smallest absolute Gasteiger partial charge is 0.148 e. The van der Waals surface area contributed by atoms with Gasteiger partial charge >= 0.3 is 0 Å². The van der Waals surface area contributed by atoms with Gasteiger partial charge in [-0.05, 0) is 61.1 Å². The highest BCUT2D eigenvalue weighted by molar-refractivity contribution is 6.00. The minimum Gasteiger partial charge on any atom is -0.411 e. The Bertz CT molecular complexity index is 1530. The van der Waals surface area contributed by atoms with E-state index in [0.717, 1.165) is 11.1 Å². The van der Waals surface area contributed by atoms with Crippen molar-refractivity contribution in [2.75, 3.05) is 0 Å². The molecule has 6 aromatic carbocycles. The van der Waals surface area contributed by atoms with Crippen LogP contribution in [0.3, 0.4) is 0 Å². The molecule has 0 bridgehead atoms. The van der Waals surface area contributed by atoms with Gasteiger partial charge in [-0.3, -0.25) is 0 Å². The predicted molar refractivity (Wildman–Crippen MR) is 143 cm³/mol. The zero-order chi connectivity index (χ0) is 22.3. The molecule has 1 nitrogen and oxygen atoms in total. The maximum absolute atomic E-state index is 6.74. The summed E-state index contributed by atoms with van der Waals surface area (Å²) in [6.45, 7) is 0. The first-order chi connectivity index (χ1) is 16.3. The fourth-order valence-corrected chi connectivity index (χ4v) is 5.86. The topological polar surface area (TPSA) is 9.23 Å². The summed E-state index contributed by atoms with van der Waals surface area (Å²) < 4.78 is 6.74. The third-order valence-corrected chi connectivity index (χ3v) is 7.40. The van der Waals surface area contributed by atoms with E-state index in [2.05, 4.69) is 127 Å². The van der Waals surface area contributed by atoms with Crippen LogP contribution in [0.5, 0.6) is 0 Å². The van der Waals surface area contributed by atoms with E-state index in [4.69, 9.17) is 4.43 Å². The van der Waals surface area contributed by atoms with Crippen LogP contribution in [0.25, 0.3) is 32.3 Å². The SMILES string of the molecule is [SiH3]OC(c1ccc2ccccc2c1)(c1ccc2ccccc2c1)c1cccc2ccccc12. The van der Waals surface area contributed by atoms with E-state index >= 15 is 0 Å². The molecule has 0 aromatic heterocycles. The van der Waals surface area contributed by atoms with Gasteiger partial charge in [0.1, 0.15) is 16.1 Å². The Balaban J connectivity index is 1.73. The van der Waals surface area contributed by atoms with Crippen LogP contribution in [-0.2, 0) is 10.0 Å². The van der Waals surface area contributed by atoms with E-state index < -0.39 is 5.60 Å². The van der Waals surface area contributed by atoms with Crippen molar-refractivity contribution in [2.24, 2.45) is 0 Å². The van der Waals surface area contributed by atoms with Crippen molar-refractivity contribution in [3.63, 3.8) is 0 Å². The lowest BCUT2D eigenvalue weighted by Gasteiger charge is -2.36. The molecule has 0 aliphatic heterocycles. The normalized spacial score (nSPS) is 12.0. The molecule has 6 rings (SSSR count). The van der Waals surface area contributed by atoms with Crippen molar-refractivity contribution in [1.29, 1.82) is 0 Å². The molecule has 6 aromatic rings. The van der Waals surface area contributed by atoms with E-state index in [9.17, 15) is 0 Å². The minimum absolute atomic E-state index is 0.587. The first-order valence-electron chi connectivity index (χ1n) is 11.3. The van der Waals surface area contributed by atoms with Gasteiger partial charge < -0.3 is 4.43 Å². The summed E-state index contributed by atoms with van der Waals surface area (Å²) >= 11 is 0. The van der Waals surface area contributed by atoms with Gasteiger partial charge in [-0.15, -0.1) is 0 Å². The highest BCUT2D eigenvalue weighted by atomic mass is 28.2. The van der Waals surface area contributed by atoms with E-state index in [1.165, 1.54) is 37.9 Å². The first kappa shape index (κ1) is 19.9. The summed E-state index contributed by atoms with van der Waals surface area (Å²) in [4.78, 5) is 0. The van der Waals surface area contributed by atoms with E-state index in [-0.39, 0.29) is 0 Å². The van der Waals surface area contributed by atoms with Gasteiger partial charge in [0.15, 0.2) is 0 Å². The molecule has 2 heteroatoms. The highest BCUT2D eigenvalue weighted by Gasteiger charge is 2.37. The Morgan fingerprint density at radius 1 is 0.455 bits per heavy atom. The van der Waals surface area contributed by atoms with Crippen molar-refractivity contribution in [3.05, 3.63) is 144 Å². The van der Waals surface area contributed by atoms with Gasteiger partial charge in [-0.2, -0.15) is 0 Å². The summed E-state index contributed by atoms with van der Waals surface area (Å²) in [6, 6.07) is 45.7. The Hall–Kier alpha value is -3.72. The Kier molecular flexibility index (Phi) is 4.83. The molecule has 0 spiro atoms. The van der Waals surface area contributed by atoms with Crippen molar-refractivity contribution >= 4 is 42.8 Å². The number of hydrogen-bond acceptors (Lipinski definition) is 1. The van der Waals surface area contributed by atoms with Gasteiger partial charge in [-0.1, -0.05) is 115 Å². The maximum atomic E-state index is 6.74. The molecule has 0 atom stereocenters. The largest absolute Gasteiger partial charge is 0.411 e. The van der Waals surface area contributed by atoms with Gasteiger partial charge in [0.2, 0.25) is 0 Å². The fourth-order valence-electron chi connectivity index (χ4n) is 5.17. The molecule has 0 radical (unpaired) electrons. The van der Waals surface area contributed by atoms with Gasteiger partial charge in [0.25, 0.3) is 0 Å². The molecule has 0 amide bonds. The van der Waals surface area contributed by atoms with Crippen molar-refractivity contribution in [1.82, 2.24) is 0 Å². The molecule has 33 heavy (non-hydrogen) atoms. The fraction of sp³-hybridized carbons (Fsp3) is 0.0323. The van der Waals surface area contributed by atoms with E-state index in [0.29, 0.717) is 10.5 Å². The zero-order valence-corrected chi connectivity index (χ0v) is 20.5. The summed E-state index contributed by atoms with van der Waals surface area (Å²) in [5.41, 5.74) is 2.80. The number of fused-ring (bicyclic) bond motifs is 3. The van der Waals surface area contributed by atoms with Crippen LogP contribution in [0.15, 0.2) is 127 Å². The Morgan fingerprint density at radius 2 is 0.939 bits per heavy atom. The van der Waals surface area contributed by atoms with Crippen LogP contribution in [0.2, 0.25) is 0 Å². The summed E-state index contributed by atoms with van der Waals surface area (Å²) in [7, 11) is 0.587. The monoisotopic (exact) mass is 440 g/mol. The minimum atomic E-state index is -0.693. The van der Waals surface area contributed by atoms with Crippen LogP contribution >= 0.6 is 0 Å². The van der Waals surface area contributed by atoms with Crippen molar-refractivity contribution in [2.45, 2.75) is 5.60 Å². The molecule has 158 valence electrons. The average molecular weight is 441 g/mol. The zero-order valence-electron chi connectivity index (χ0n) is 18.5. The van der Waals surface area contributed by atoms with E-state index in [1.54, 1.807) is 0 Å². The van der Waals surface area contributed by atoms with Gasteiger partial charge in [0, 0.05) is 0 Å². The van der Waals surface area contributed by atoms with Crippen molar-refractivity contribution < 1.29 is 4.43 Å².